The summed E-state index contributed by atoms with van der Waals surface area (Å²) in [6.45, 7) is 2.26. The summed E-state index contributed by atoms with van der Waals surface area (Å²) < 4.78 is 24.8. The third-order valence-corrected chi connectivity index (χ3v) is 3.94. The second-order valence-electron chi connectivity index (χ2n) is 5.46. The van der Waals surface area contributed by atoms with Crippen molar-refractivity contribution in [3.8, 4) is 16.9 Å². The number of hydrogen-bond acceptors (Lipinski definition) is 3. The fourth-order valence-corrected chi connectivity index (χ4v) is 2.73. The van der Waals surface area contributed by atoms with E-state index in [1.807, 2.05) is 24.3 Å². The predicted octanol–water partition coefficient (Wildman–Crippen LogP) is 3.38. The van der Waals surface area contributed by atoms with Gasteiger partial charge in [-0.2, -0.15) is 0 Å². The van der Waals surface area contributed by atoms with Crippen LogP contribution >= 0.6 is 0 Å². The first-order valence-corrected chi connectivity index (χ1v) is 7.51. The largest absolute Gasteiger partial charge is 0.497 e. The summed E-state index contributed by atoms with van der Waals surface area (Å²) in [4.78, 5) is 0. The van der Waals surface area contributed by atoms with Crippen molar-refractivity contribution >= 4 is 0 Å². The number of benzene rings is 2. The van der Waals surface area contributed by atoms with E-state index in [0.717, 1.165) is 42.0 Å². The van der Waals surface area contributed by atoms with Crippen LogP contribution in [0.15, 0.2) is 42.5 Å². The minimum atomic E-state index is -0.241. The zero-order chi connectivity index (χ0) is 15.4. The van der Waals surface area contributed by atoms with Crippen LogP contribution in [0.1, 0.15) is 12.0 Å². The van der Waals surface area contributed by atoms with Crippen LogP contribution in [-0.2, 0) is 11.3 Å². The molecule has 2 aromatic rings. The van der Waals surface area contributed by atoms with Crippen LogP contribution in [0.25, 0.3) is 11.1 Å². The summed E-state index contributed by atoms with van der Waals surface area (Å²) >= 11 is 0. The number of hydrogen-bond donors (Lipinski definition) is 1. The molecule has 3 rings (SSSR count). The molecule has 1 heterocycles. The molecule has 2 aromatic carbocycles. The highest BCUT2D eigenvalue weighted by atomic mass is 19.1. The van der Waals surface area contributed by atoms with Gasteiger partial charge in [-0.15, -0.1) is 0 Å². The van der Waals surface area contributed by atoms with Gasteiger partial charge in [0.15, 0.2) is 0 Å². The van der Waals surface area contributed by atoms with E-state index in [4.69, 9.17) is 9.47 Å². The highest BCUT2D eigenvalue weighted by molar-refractivity contribution is 5.68. The maximum absolute atomic E-state index is 13.6. The standard InChI is InChI=1S/C18H20FNO2/c1-21-16-4-2-3-13(10-16)18-6-5-15(19)9-14(18)12-22-17-7-8-20-11-17/h2-6,9-10,17,20H,7-8,11-12H2,1H3/t17-/m0/s1. The Labute approximate surface area is 130 Å². The molecule has 0 amide bonds. The molecule has 1 atom stereocenters. The molecule has 1 saturated heterocycles. The van der Waals surface area contributed by atoms with Crippen LogP contribution in [0.4, 0.5) is 4.39 Å². The lowest BCUT2D eigenvalue weighted by Gasteiger charge is -2.14. The highest BCUT2D eigenvalue weighted by Crippen LogP contribution is 2.28. The van der Waals surface area contributed by atoms with Crippen molar-refractivity contribution in [1.29, 1.82) is 0 Å². The summed E-state index contributed by atoms with van der Waals surface area (Å²) in [5, 5.41) is 3.27. The third-order valence-electron chi connectivity index (χ3n) is 3.94. The highest BCUT2D eigenvalue weighted by Gasteiger charge is 2.16. The molecule has 0 radical (unpaired) electrons. The molecule has 22 heavy (non-hydrogen) atoms. The van der Waals surface area contributed by atoms with E-state index in [0.29, 0.717) is 6.61 Å². The van der Waals surface area contributed by atoms with Crippen molar-refractivity contribution in [2.45, 2.75) is 19.1 Å². The van der Waals surface area contributed by atoms with Gasteiger partial charge in [0.25, 0.3) is 0 Å². The average Bonchev–Trinajstić information content (AvgIpc) is 3.06. The Hall–Kier alpha value is -1.91. The molecule has 1 aliphatic heterocycles. The first-order chi connectivity index (χ1) is 10.8. The van der Waals surface area contributed by atoms with Crippen LogP contribution in [0.5, 0.6) is 5.75 Å². The molecule has 1 fully saturated rings. The smallest absolute Gasteiger partial charge is 0.123 e. The maximum atomic E-state index is 13.6. The molecule has 1 aliphatic rings. The van der Waals surface area contributed by atoms with Gasteiger partial charge < -0.3 is 14.8 Å². The van der Waals surface area contributed by atoms with Crippen molar-refractivity contribution in [1.82, 2.24) is 5.32 Å². The topological polar surface area (TPSA) is 30.5 Å². The van der Waals surface area contributed by atoms with E-state index < -0.39 is 0 Å². The van der Waals surface area contributed by atoms with Gasteiger partial charge in [-0.1, -0.05) is 18.2 Å². The van der Waals surface area contributed by atoms with Crippen molar-refractivity contribution < 1.29 is 13.9 Å². The predicted molar refractivity (Wildman–Crippen MR) is 84.5 cm³/mol. The van der Waals surface area contributed by atoms with Gasteiger partial charge in [-0.3, -0.25) is 0 Å². The molecule has 0 bridgehead atoms. The van der Waals surface area contributed by atoms with Crippen molar-refractivity contribution in [3.05, 3.63) is 53.8 Å². The van der Waals surface area contributed by atoms with Crippen LogP contribution in [0.3, 0.4) is 0 Å². The lowest BCUT2D eigenvalue weighted by atomic mass is 9.99. The zero-order valence-electron chi connectivity index (χ0n) is 12.6. The summed E-state index contributed by atoms with van der Waals surface area (Å²) in [5.41, 5.74) is 2.84. The molecular formula is C18H20FNO2. The Morgan fingerprint density at radius 1 is 1.23 bits per heavy atom. The second-order valence-corrected chi connectivity index (χ2v) is 5.46. The van der Waals surface area contributed by atoms with Gasteiger partial charge >= 0.3 is 0 Å². The SMILES string of the molecule is COc1cccc(-c2ccc(F)cc2CO[C@H]2CCNC2)c1. The first-order valence-electron chi connectivity index (χ1n) is 7.51. The van der Waals surface area contributed by atoms with Crippen LogP contribution in [0.2, 0.25) is 0 Å². The van der Waals surface area contributed by atoms with Gasteiger partial charge in [0.2, 0.25) is 0 Å². The average molecular weight is 301 g/mol. The van der Waals surface area contributed by atoms with E-state index in [1.54, 1.807) is 19.2 Å². The van der Waals surface area contributed by atoms with E-state index in [1.165, 1.54) is 6.07 Å². The number of ether oxygens (including phenoxy) is 2. The van der Waals surface area contributed by atoms with Gasteiger partial charge in [-0.25, -0.2) is 4.39 Å². The normalized spacial score (nSPS) is 17.6. The van der Waals surface area contributed by atoms with Crippen molar-refractivity contribution in [2.24, 2.45) is 0 Å². The molecule has 0 spiro atoms. The molecule has 0 aliphatic carbocycles. The van der Waals surface area contributed by atoms with Crippen LogP contribution in [-0.4, -0.2) is 26.3 Å². The third kappa shape index (κ3) is 3.46. The molecule has 0 unspecified atom stereocenters. The summed E-state index contributed by atoms with van der Waals surface area (Å²) in [5.74, 6) is 0.545. The van der Waals surface area contributed by atoms with E-state index in [2.05, 4.69) is 5.32 Å². The fraction of sp³-hybridized carbons (Fsp3) is 0.333. The Bertz CT molecular complexity index is 639. The molecule has 0 saturated carbocycles. The maximum Gasteiger partial charge on any atom is 0.123 e. The van der Waals surface area contributed by atoms with Crippen molar-refractivity contribution in [2.75, 3.05) is 20.2 Å². The lowest BCUT2D eigenvalue weighted by molar-refractivity contribution is 0.0543. The summed E-state index contributed by atoms with van der Waals surface area (Å²) in [6.07, 6.45) is 1.21. The zero-order valence-corrected chi connectivity index (χ0v) is 12.6. The number of methoxy groups -OCH3 is 1. The molecule has 1 N–H and O–H groups in total. The van der Waals surface area contributed by atoms with Crippen molar-refractivity contribution in [3.63, 3.8) is 0 Å². The molecule has 4 heteroatoms. The number of rotatable bonds is 5. The second kappa shape index (κ2) is 6.90. The monoisotopic (exact) mass is 301 g/mol. The minimum absolute atomic E-state index is 0.210. The summed E-state index contributed by atoms with van der Waals surface area (Å²) in [6, 6.07) is 12.6. The quantitative estimate of drug-likeness (QED) is 0.918. The van der Waals surface area contributed by atoms with Crippen LogP contribution < -0.4 is 10.1 Å². The minimum Gasteiger partial charge on any atom is -0.497 e. The fourth-order valence-electron chi connectivity index (χ4n) is 2.73. The van der Waals surface area contributed by atoms with Crippen LogP contribution in [0, 0.1) is 5.82 Å². The molecule has 116 valence electrons. The molecule has 0 aromatic heterocycles. The Morgan fingerprint density at radius 3 is 2.91 bits per heavy atom. The van der Waals surface area contributed by atoms with Gasteiger partial charge in [-0.05, 0) is 53.9 Å². The molecule has 3 nitrogen and oxygen atoms in total. The number of nitrogens with one attached hydrogen (secondary N) is 1. The lowest BCUT2D eigenvalue weighted by Crippen LogP contribution is -2.16. The summed E-state index contributed by atoms with van der Waals surface area (Å²) in [7, 11) is 1.64. The van der Waals surface area contributed by atoms with Gasteiger partial charge in [0.1, 0.15) is 11.6 Å². The van der Waals surface area contributed by atoms with E-state index >= 15 is 0 Å². The van der Waals surface area contributed by atoms with E-state index in [-0.39, 0.29) is 11.9 Å². The van der Waals surface area contributed by atoms with Gasteiger partial charge in [0, 0.05) is 6.54 Å². The first kappa shape index (κ1) is 15.0. The Kier molecular flexibility index (Phi) is 4.71. The molecular weight excluding hydrogens is 281 g/mol. The van der Waals surface area contributed by atoms with E-state index in [9.17, 15) is 4.39 Å². The Balaban J connectivity index is 1.85. The van der Waals surface area contributed by atoms with Gasteiger partial charge in [0.05, 0.1) is 19.8 Å². The Morgan fingerprint density at radius 2 is 2.14 bits per heavy atom. The number of halogens is 1.